The summed E-state index contributed by atoms with van der Waals surface area (Å²) in [6, 6.07) is 2.01. The van der Waals surface area contributed by atoms with E-state index in [4.69, 9.17) is 10.00 Å². The number of nitrogens with zero attached hydrogens (tertiary/aromatic N) is 1. The molecule has 0 heterocycles. The SMILES string of the molecule is CC(C)COCCNC(=O)C(C#N)C(C)C. The molecule has 1 N–H and O–H groups in total. The third-order valence-electron chi connectivity index (χ3n) is 2.09. The van der Waals surface area contributed by atoms with E-state index >= 15 is 0 Å². The van der Waals surface area contributed by atoms with Crippen molar-refractivity contribution in [2.75, 3.05) is 19.8 Å². The Labute approximate surface area is 98.0 Å². The molecule has 0 aliphatic heterocycles. The zero-order chi connectivity index (χ0) is 12.6. The van der Waals surface area contributed by atoms with Gasteiger partial charge in [-0.25, -0.2) is 0 Å². The van der Waals surface area contributed by atoms with Crippen LogP contribution in [0, 0.1) is 29.1 Å². The van der Waals surface area contributed by atoms with Crippen LogP contribution in [0.15, 0.2) is 0 Å². The molecule has 1 atom stereocenters. The van der Waals surface area contributed by atoms with Crippen LogP contribution < -0.4 is 5.32 Å². The number of nitrogens with one attached hydrogen (secondary N) is 1. The van der Waals surface area contributed by atoms with Crippen LogP contribution >= 0.6 is 0 Å². The minimum atomic E-state index is -0.565. The van der Waals surface area contributed by atoms with Crippen LogP contribution in [0.5, 0.6) is 0 Å². The van der Waals surface area contributed by atoms with Gasteiger partial charge in [0.25, 0.3) is 0 Å². The number of hydrogen-bond acceptors (Lipinski definition) is 3. The van der Waals surface area contributed by atoms with E-state index < -0.39 is 5.92 Å². The number of amides is 1. The molecule has 1 unspecified atom stereocenters. The van der Waals surface area contributed by atoms with Gasteiger partial charge in [-0.2, -0.15) is 5.26 Å². The van der Waals surface area contributed by atoms with Gasteiger partial charge in [0, 0.05) is 13.2 Å². The highest BCUT2D eigenvalue weighted by atomic mass is 16.5. The summed E-state index contributed by atoms with van der Waals surface area (Å²) in [6.45, 7) is 9.54. The van der Waals surface area contributed by atoms with Gasteiger partial charge < -0.3 is 10.1 Å². The van der Waals surface area contributed by atoms with E-state index in [1.54, 1.807) is 0 Å². The number of carbonyl (C=O) groups is 1. The lowest BCUT2D eigenvalue weighted by Crippen LogP contribution is -2.35. The summed E-state index contributed by atoms with van der Waals surface area (Å²) in [6.07, 6.45) is 0. The standard InChI is InChI=1S/C12H22N2O2/c1-9(2)8-16-6-5-14-12(15)11(7-13)10(3)4/h9-11H,5-6,8H2,1-4H3,(H,14,15). The Hall–Kier alpha value is -1.08. The summed E-state index contributed by atoms with van der Waals surface area (Å²) >= 11 is 0. The van der Waals surface area contributed by atoms with Crippen molar-refractivity contribution in [1.82, 2.24) is 5.32 Å². The fraction of sp³-hybridized carbons (Fsp3) is 0.833. The quantitative estimate of drug-likeness (QED) is 0.670. The molecule has 4 nitrogen and oxygen atoms in total. The molecule has 0 fully saturated rings. The third-order valence-corrected chi connectivity index (χ3v) is 2.09. The maximum atomic E-state index is 11.5. The van der Waals surface area contributed by atoms with Crippen molar-refractivity contribution in [2.45, 2.75) is 27.7 Å². The molecular formula is C12H22N2O2. The number of nitriles is 1. The Morgan fingerprint density at radius 1 is 1.38 bits per heavy atom. The number of carbonyl (C=O) groups excluding carboxylic acids is 1. The summed E-state index contributed by atoms with van der Waals surface area (Å²) < 4.78 is 5.32. The maximum absolute atomic E-state index is 11.5. The van der Waals surface area contributed by atoms with E-state index in [1.165, 1.54) is 0 Å². The molecule has 0 aromatic rings. The Bertz CT molecular complexity index is 244. The average Bonchev–Trinajstić information content (AvgIpc) is 2.17. The first-order chi connectivity index (χ1) is 7.49. The first-order valence-electron chi connectivity index (χ1n) is 5.74. The molecule has 0 aromatic carbocycles. The number of ether oxygens (including phenoxy) is 1. The van der Waals surface area contributed by atoms with Crippen LogP contribution in [-0.4, -0.2) is 25.7 Å². The van der Waals surface area contributed by atoms with Crippen LogP contribution in [0.25, 0.3) is 0 Å². The average molecular weight is 226 g/mol. The minimum Gasteiger partial charge on any atom is -0.379 e. The molecule has 0 aliphatic carbocycles. The lowest BCUT2D eigenvalue weighted by Gasteiger charge is -2.13. The topological polar surface area (TPSA) is 62.1 Å². The second kappa shape index (κ2) is 8.12. The van der Waals surface area contributed by atoms with Crippen molar-refractivity contribution >= 4 is 5.91 Å². The third kappa shape index (κ3) is 6.41. The van der Waals surface area contributed by atoms with Gasteiger partial charge in [0.2, 0.25) is 5.91 Å². The lowest BCUT2D eigenvalue weighted by atomic mass is 9.97. The van der Waals surface area contributed by atoms with Crippen molar-refractivity contribution < 1.29 is 9.53 Å². The van der Waals surface area contributed by atoms with Crippen LogP contribution in [0.1, 0.15) is 27.7 Å². The predicted molar refractivity (Wildman–Crippen MR) is 62.6 cm³/mol. The Balaban J connectivity index is 3.69. The van der Waals surface area contributed by atoms with E-state index in [-0.39, 0.29) is 11.8 Å². The zero-order valence-electron chi connectivity index (χ0n) is 10.6. The largest absolute Gasteiger partial charge is 0.379 e. The van der Waals surface area contributed by atoms with Gasteiger partial charge in [-0.1, -0.05) is 27.7 Å². The fourth-order valence-corrected chi connectivity index (χ4v) is 1.19. The molecule has 0 radical (unpaired) electrons. The molecule has 1 amide bonds. The van der Waals surface area contributed by atoms with Gasteiger partial charge in [0.1, 0.15) is 5.92 Å². The number of hydrogen-bond donors (Lipinski definition) is 1. The van der Waals surface area contributed by atoms with Crippen LogP contribution in [0.2, 0.25) is 0 Å². The molecule has 0 bridgehead atoms. The molecular weight excluding hydrogens is 204 g/mol. The van der Waals surface area contributed by atoms with Crippen LogP contribution in [0.3, 0.4) is 0 Å². The molecule has 0 aromatic heterocycles. The predicted octanol–water partition coefficient (Wildman–Crippen LogP) is 1.57. The van der Waals surface area contributed by atoms with Gasteiger partial charge in [0.05, 0.1) is 12.7 Å². The smallest absolute Gasteiger partial charge is 0.237 e. The van der Waals surface area contributed by atoms with Crippen molar-refractivity contribution in [3.05, 3.63) is 0 Å². The highest BCUT2D eigenvalue weighted by Gasteiger charge is 2.20. The summed E-state index contributed by atoms with van der Waals surface area (Å²) in [5, 5.41) is 11.5. The van der Waals surface area contributed by atoms with Gasteiger partial charge in [-0.15, -0.1) is 0 Å². The van der Waals surface area contributed by atoms with Gasteiger partial charge in [-0.3, -0.25) is 4.79 Å². The Morgan fingerprint density at radius 2 is 2.00 bits per heavy atom. The fourth-order valence-electron chi connectivity index (χ4n) is 1.19. The summed E-state index contributed by atoms with van der Waals surface area (Å²) in [4.78, 5) is 11.5. The second-order valence-corrected chi connectivity index (χ2v) is 4.61. The lowest BCUT2D eigenvalue weighted by molar-refractivity contribution is -0.124. The van der Waals surface area contributed by atoms with E-state index in [0.717, 1.165) is 0 Å². The van der Waals surface area contributed by atoms with Crippen LogP contribution in [-0.2, 0) is 9.53 Å². The summed E-state index contributed by atoms with van der Waals surface area (Å²) in [5.74, 6) is -0.226. The first-order valence-corrected chi connectivity index (χ1v) is 5.74. The summed E-state index contributed by atoms with van der Waals surface area (Å²) in [5.41, 5.74) is 0. The molecule has 0 rings (SSSR count). The summed E-state index contributed by atoms with van der Waals surface area (Å²) in [7, 11) is 0. The highest BCUT2D eigenvalue weighted by Crippen LogP contribution is 2.08. The monoisotopic (exact) mass is 226 g/mol. The van der Waals surface area contributed by atoms with Crippen molar-refractivity contribution in [1.29, 1.82) is 5.26 Å². The van der Waals surface area contributed by atoms with E-state index in [0.29, 0.717) is 25.7 Å². The molecule has 0 spiro atoms. The maximum Gasteiger partial charge on any atom is 0.237 e. The zero-order valence-corrected chi connectivity index (χ0v) is 10.6. The Morgan fingerprint density at radius 3 is 2.44 bits per heavy atom. The molecule has 16 heavy (non-hydrogen) atoms. The van der Waals surface area contributed by atoms with Gasteiger partial charge >= 0.3 is 0 Å². The highest BCUT2D eigenvalue weighted by molar-refractivity contribution is 5.81. The van der Waals surface area contributed by atoms with Gasteiger partial charge in [-0.05, 0) is 11.8 Å². The van der Waals surface area contributed by atoms with Gasteiger partial charge in [0.15, 0.2) is 0 Å². The minimum absolute atomic E-state index is 0.0431. The first kappa shape index (κ1) is 14.9. The molecule has 0 aliphatic rings. The van der Waals surface area contributed by atoms with E-state index in [2.05, 4.69) is 19.2 Å². The van der Waals surface area contributed by atoms with Crippen molar-refractivity contribution in [3.8, 4) is 6.07 Å². The van der Waals surface area contributed by atoms with Crippen LogP contribution in [0.4, 0.5) is 0 Å². The molecule has 4 heteroatoms. The van der Waals surface area contributed by atoms with E-state index in [1.807, 2.05) is 19.9 Å². The molecule has 92 valence electrons. The second-order valence-electron chi connectivity index (χ2n) is 4.61. The Kier molecular flexibility index (Phi) is 7.57. The molecule has 0 saturated heterocycles. The normalized spacial score (nSPS) is 12.6. The molecule has 0 saturated carbocycles. The van der Waals surface area contributed by atoms with Crippen molar-refractivity contribution in [3.63, 3.8) is 0 Å². The number of rotatable bonds is 7. The van der Waals surface area contributed by atoms with Crippen molar-refractivity contribution in [2.24, 2.45) is 17.8 Å². The van der Waals surface area contributed by atoms with E-state index in [9.17, 15) is 4.79 Å².